The molecule has 2 aliphatic rings. The molecular formula is C20H31N3O. The van der Waals surface area contributed by atoms with Crippen LogP contribution >= 0.6 is 0 Å². The number of carbonyl (C=O) groups excluding carboxylic acids is 1. The minimum atomic E-state index is 0.188. The monoisotopic (exact) mass is 329 g/mol. The molecule has 1 aromatic rings. The molecule has 2 heterocycles. The highest BCUT2D eigenvalue weighted by molar-refractivity contribution is 5.94. The summed E-state index contributed by atoms with van der Waals surface area (Å²) in [4.78, 5) is 17.5. The largest absolute Gasteiger partial charge is 0.372 e. The summed E-state index contributed by atoms with van der Waals surface area (Å²) in [6, 6.07) is 8.66. The number of hydrogen-bond acceptors (Lipinski definition) is 3. The molecule has 0 spiro atoms. The van der Waals surface area contributed by atoms with E-state index >= 15 is 0 Å². The number of nitrogens with one attached hydrogen (secondary N) is 1. The van der Waals surface area contributed by atoms with Crippen LogP contribution in [0.1, 0.15) is 55.8 Å². The molecule has 1 aromatic carbocycles. The Hall–Kier alpha value is -1.55. The summed E-state index contributed by atoms with van der Waals surface area (Å²) in [6.45, 7) is 7.22. The first-order valence-corrected chi connectivity index (χ1v) is 9.66. The summed E-state index contributed by atoms with van der Waals surface area (Å²) >= 11 is 0. The van der Waals surface area contributed by atoms with Gasteiger partial charge in [0.1, 0.15) is 0 Å². The van der Waals surface area contributed by atoms with E-state index in [2.05, 4.69) is 34.2 Å². The second-order valence-corrected chi connectivity index (χ2v) is 7.09. The van der Waals surface area contributed by atoms with Crippen LogP contribution in [0.15, 0.2) is 24.3 Å². The van der Waals surface area contributed by atoms with Crippen molar-refractivity contribution < 1.29 is 4.79 Å². The van der Waals surface area contributed by atoms with Crippen LogP contribution in [0.2, 0.25) is 0 Å². The van der Waals surface area contributed by atoms with Crippen LogP contribution in [-0.2, 0) is 0 Å². The van der Waals surface area contributed by atoms with E-state index in [1.807, 2.05) is 12.1 Å². The molecule has 4 heteroatoms. The average molecular weight is 329 g/mol. The normalized spacial score (nSPS) is 21.5. The van der Waals surface area contributed by atoms with Crippen molar-refractivity contribution >= 4 is 11.6 Å². The minimum Gasteiger partial charge on any atom is -0.372 e. The lowest BCUT2D eigenvalue weighted by molar-refractivity contribution is 0.0692. The van der Waals surface area contributed by atoms with Crippen molar-refractivity contribution in [2.75, 3.05) is 37.6 Å². The quantitative estimate of drug-likeness (QED) is 0.900. The first-order valence-electron chi connectivity index (χ1n) is 9.66. The van der Waals surface area contributed by atoms with Crippen molar-refractivity contribution in [2.24, 2.45) is 0 Å². The molecule has 3 rings (SSSR count). The van der Waals surface area contributed by atoms with Gasteiger partial charge in [-0.05, 0) is 56.5 Å². The van der Waals surface area contributed by atoms with E-state index in [9.17, 15) is 4.79 Å². The molecule has 0 radical (unpaired) electrons. The van der Waals surface area contributed by atoms with Crippen molar-refractivity contribution in [1.82, 2.24) is 10.2 Å². The van der Waals surface area contributed by atoms with Gasteiger partial charge in [-0.1, -0.05) is 19.8 Å². The molecule has 1 unspecified atom stereocenters. The molecule has 1 atom stereocenters. The van der Waals surface area contributed by atoms with Gasteiger partial charge in [0.05, 0.1) is 0 Å². The summed E-state index contributed by atoms with van der Waals surface area (Å²) in [5.41, 5.74) is 2.09. The van der Waals surface area contributed by atoms with E-state index in [4.69, 9.17) is 0 Å². The van der Waals surface area contributed by atoms with Gasteiger partial charge in [0.15, 0.2) is 0 Å². The maximum absolute atomic E-state index is 12.9. The molecule has 2 aliphatic heterocycles. The highest BCUT2D eigenvalue weighted by Gasteiger charge is 2.26. The molecule has 1 N–H and O–H groups in total. The highest BCUT2D eigenvalue weighted by Crippen LogP contribution is 2.21. The molecule has 132 valence electrons. The number of nitrogens with zero attached hydrogens (tertiary/aromatic N) is 2. The third-order valence-corrected chi connectivity index (χ3v) is 5.29. The Morgan fingerprint density at radius 1 is 1.17 bits per heavy atom. The predicted molar refractivity (Wildman–Crippen MR) is 99.7 cm³/mol. The zero-order chi connectivity index (χ0) is 16.8. The van der Waals surface area contributed by atoms with Gasteiger partial charge in [-0.3, -0.25) is 4.79 Å². The van der Waals surface area contributed by atoms with E-state index in [-0.39, 0.29) is 5.91 Å². The second-order valence-electron chi connectivity index (χ2n) is 7.09. The number of rotatable bonds is 5. The molecule has 24 heavy (non-hydrogen) atoms. The summed E-state index contributed by atoms with van der Waals surface area (Å²) in [6.07, 6.45) is 7.31. The topological polar surface area (TPSA) is 35.6 Å². The molecule has 1 amide bonds. The molecular weight excluding hydrogens is 298 g/mol. The van der Waals surface area contributed by atoms with Gasteiger partial charge in [-0.2, -0.15) is 0 Å². The number of carbonyl (C=O) groups is 1. The van der Waals surface area contributed by atoms with Crippen molar-refractivity contribution in [3.63, 3.8) is 0 Å². The van der Waals surface area contributed by atoms with Crippen LogP contribution < -0.4 is 10.2 Å². The summed E-state index contributed by atoms with van der Waals surface area (Å²) in [7, 11) is 0. The van der Waals surface area contributed by atoms with Gasteiger partial charge in [0.2, 0.25) is 0 Å². The maximum Gasteiger partial charge on any atom is 0.254 e. The Balaban J connectivity index is 1.69. The first kappa shape index (κ1) is 17.3. The molecule has 2 saturated heterocycles. The Morgan fingerprint density at radius 2 is 1.88 bits per heavy atom. The molecule has 0 aromatic heterocycles. The van der Waals surface area contributed by atoms with E-state index in [1.165, 1.54) is 31.4 Å². The van der Waals surface area contributed by atoms with Crippen LogP contribution in [0.3, 0.4) is 0 Å². The van der Waals surface area contributed by atoms with Gasteiger partial charge in [-0.25, -0.2) is 0 Å². The fourth-order valence-electron chi connectivity index (χ4n) is 3.91. The minimum absolute atomic E-state index is 0.188. The molecule has 0 bridgehead atoms. The van der Waals surface area contributed by atoms with Crippen molar-refractivity contribution in [3.05, 3.63) is 29.8 Å². The van der Waals surface area contributed by atoms with E-state index in [0.717, 1.165) is 51.1 Å². The zero-order valence-electron chi connectivity index (χ0n) is 15.0. The lowest BCUT2D eigenvalue weighted by atomic mass is 10.1. The molecule has 4 nitrogen and oxygen atoms in total. The molecule has 2 fully saturated rings. The van der Waals surface area contributed by atoms with Crippen LogP contribution in [0.5, 0.6) is 0 Å². The summed E-state index contributed by atoms with van der Waals surface area (Å²) in [5, 5.41) is 3.38. The number of benzene rings is 1. The predicted octanol–water partition coefficient (Wildman–Crippen LogP) is 3.28. The highest BCUT2D eigenvalue weighted by atomic mass is 16.2. The Kier molecular flexibility index (Phi) is 6.13. The van der Waals surface area contributed by atoms with E-state index in [0.29, 0.717) is 6.04 Å². The van der Waals surface area contributed by atoms with E-state index in [1.54, 1.807) is 0 Å². The number of anilines is 1. The van der Waals surface area contributed by atoms with Crippen LogP contribution in [0, 0.1) is 0 Å². The third kappa shape index (κ3) is 4.10. The van der Waals surface area contributed by atoms with Crippen LogP contribution in [-0.4, -0.2) is 49.6 Å². The number of amides is 1. The van der Waals surface area contributed by atoms with Gasteiger partial charge >= 0.3 is 0 Å². The smallest absolute Gasteiger partial charge is 0.254 e. The van der Waals surface area contributed by atoms with Crippen LogP contribution in [0.25, 0.3) is 0 Å². The number of hydrogen-bond donors (Lipinski definition) is 1. The van der Waals surface area contributed by atoms with Gasteiger partial charge < -0.3 is 15.1 Å². The summed E-state index contributed by atoms with van der Waals surface area (Å²) < 4.78 is 0. The van der Waals surface area contributed by atoms with Gasteiger partial charge in [0.25, 0.3) is 5.91 Å². The first-order chi connectivity index (χ1) is 11.8. The van der Waals surface area contributed by atoms with Gasteiger partial charge in [0, 0.05) is 43.5 Å². The average Bonchev–Trinajstić information content (AvgIpc) is 3.01. The van der Waals surface area contributed by atoms with Crippen molar-refractivity contribution in [3.8, 4) is 0 Å². The second kappa shape index (κ2) is 8.52. The Labute approximate surface area is 146 Å². The third-order valence-electron chi connectivity index (χ3n) is 5.29. The lowest BCUT2D eigenvalue weighted by Gasteiger charge is -2.29. The van der Waals surface area contributed by atoms with Crippen molar-refractivity contribution in [1.29, 1.82) is 0 Å². The van der Waals surface area contributed by atoms with Crippen LogP contribution in [0.4, 0.5) is 5.69 Å². The lowest BCUT2D eigenvalue weighted by Crippen LogP contribution is -2.42. The SMILES string of the molecule is CCCN(C(=O)c1ccc(N2CCCCCC2)cc1)C1CCNC1. The van der Waals surface area contributed by atoms with E-state index < -0.39 is 0 Å². The summed E-state index contributed by atoms with van der Waals surface area (Å²) in [5.74, 6) is 0.188. The fourth-order valence-corrected chi connectivity index (χ4v) is 3.91. The maximum atomic E-state index is 12.9. The standard InChI is InChI=1S/C20H31N3O/c1-2-13-23(19-11-12-21-16-19)20(24)17-7-9-18(10-8-17)22-14-5-3-4-6-15-22/h7-10,19,21H,2-6,11-16H2,1H3. The zero-order valence-corrected chi connectivity index (χ0v) is 15.0. The Bertz CT molecular complexity index is 514. The molecule has 0 aliphatic carbocycles. The van der Waals surface area contributed by atoms with Gasteiger partial charge in [-0.15, -0.1) is 0 Å². The van der Waals surface area contributed by atoms with Crippen molar-refractivity contribution in [2.45, 2.75) is 51.5 Å². The fraction of sp³-hybridized carbons (Fsp3) is 0.650. The Morgan fingerprint density at radius 3 is 2.46 bits per heavy atom. The molecule has 0 saturated carbocycles.